The lowest BCUT2D eigenvalue weighted by Gasteiger charge is -2.10. The molecule has 0 saturated carbocycles. The number of anilines is 1. The molecule has 0 aliphatic carbocycles. The lowest BCUT2D eigenvalue weighted by atomic mass is 10.1. The maximum Gasteiger partial charge on any atom is 0.416 e. The van der Waals surface area contributed by atoms with E-state index >= 15 is 0 Å². The molecule has 3 aromatic heterocycles. The van der Waals surface area contributed by atoms with Crippen LogP contribution in [0.1, 0.15) is 27.2 Å². The summed E-state index contributed by atoms with van der Waals surface area (Å²) in [5, 5.41) is 6.95. The molecule has 0 aliphatic rings. The highest BCUT2D eigenvalue weighted by molar-refractivity contribution is 6.04. The van der Waals surface area contributed by atoms with Gasteiger partial charge in [-0.15, -0.1) is 0 Å². The maximum atomic E-state index is 12.8. The van der Waals surface area contributed by atoms with Crippen molar-refractivity contribution in [3.63, 3.8) is 0 Å². The summed E-state index contributed by atoms with van der Waals surface area (Å²) >= 11 is 0. The number of benzene rings is 1. The number of nitrogens with zero attached hydrogens (tertiary/aromatic N) is 3. The minimum absolute atomic E-state index is 0.00633. The van der Waals surface area contributed by atoms with Crippen LogP contribution in [0.2, 0.25) is 0 Å². The van der Waals surface area contributed by atoms with E-state index in [0.29, 0.717) is 22.7 Å². The van der Waals surface area contributed by atoms with E-state index in [-0.39, 0.29) is 22.9 Å². The van der Waals surface area contributed by atoms with Crippen molar-refractivity contribution in [1.29, 1.82) is 0 Å². The Bertz CT molecular complexity index is 1340. The highest BCUT2D eigenvalue weighted by atomic mass is 19.4. The first-order valence-corrected chi connectivity index (χ1v) is 9.34. The van der Waals surface area contributed by atoms with Crippen molar-refractivity contribution in [3.05, 3.63) is 81.5 Å². The second-order valence-electron chi connectivity index (χ2n) is 6.93. The minimum atomic E-state index is -4.51. The van der Waals surface area contributed by atoms with Gasteiger partial charge >= 0.3 is 6.18 Å². The van der Waals surface area contributed by atoms with Crippen LogP contribution < -0.4 is 10.9 Å². The molecule has 1 aromatic carbocycles. The number of alkyl halides is 3. The van der Waals surface area contributed by atoms with Gasteiger partial charge in [0.15, 0.2) is 5.76 Å². The van der Waals surface area contributed by atoms with Crippen LogP contribution in [-0.4, -0.2) is 25.7 Å². The number of furan rings is 1. The number of carbonyl (C=O) groups is 1. The third-order valence-electron chi connectivity index (χ3n) is 4.78. The molecule has 0 unspecified atom stereocenters. The number of carbonyl (C=O) groups excluding carboxylic acids is 1. The van der Waals surface area contributed by atoms with E-state index in [0.717, 1.165) is 24.3 Å². The summed E-state index contributed by atoms with van der Waals surface area (Å²) in [7, 11) is 0. The normalized spacial score (nSPS) is 11.5. The number of hydrogen-bond acceptors (Lipinski definition) is 5. The molecule has 4 aromatic rings. The molecule has 164 valence electrons. The third kappa shape index (κ3) is 4.04. The molecular weight excluding hydrogens is 427 g/mol. The van der Waals surface area contributed by atoms with Gasteiger partial charge in [0.2, 0.25) is 5.95 Å². The van der Waals surface area contributed by atoms with Gasteiger partial charge in [0.25, 0.3) is 11.5 Å². The SMILES string of the molecule is Cc1nc(-n2nc(-c3ccco3)cc2NC(=O)c2ccc(C(F)(F)F)cc2)[nH]c(=O)c1C. The summed E-state index contributed by atoms with van der Waals surface area (Å²) in [6.45, 7) is 3.28. The zero-order valence-electron chi connectivity index (χ0n) is 16.8. The number of aromatic amines is 1. The first kappa shape index (κ1) is 21.1. The van der Waals surface area contributed by atoms with Crippen molar-refractivity contribution in [3.8, 4) is 17.4 Å². The molecular formula is C21H16F3N5O3. The van der Waals surface area contributed by atoms with Crippen LogP contribution >= 0.6 is 0 Å². The average molecular weight is 443 g/mol. The number of rotatable bonds is 4. The minimum Gasteiger partial charge on any atom is -0.463 e. The van der Waals surface area contributed by atoms with E-state index in [1.54, 1.807) is 26.0 Å². The molecule has 0 saturated heterocycles. The molecule has 0 fully saturated rings. The smallest absolute Gasteiger partial charge is 0.416 e. The number of halogens is 3. The fourth-order valence-electron chi connectivity index (χ4n) is 2.91. The average Bonchev–Trinajstić information content (AvgIpc) is 3.41. The van der Waals surface area contributed by atoms with Gasteiger partial charge in [-0.1, -0.05) is 0 Å². The molecule has 0 spiro atoms. The van der Waals surface area contributed by atoms with Crippen molar-refractivity contribution in [1.82, 2.24) is 19.7 Å². The third-order valence-corrected chi connectivity index (χ3v) is 4.78. The molecule has 0 bridgehead atoms. The molecule has 0 radical (unpaired) electrons. The van der Waals surface area contributed by atoms with Crippen LogP contribution in [-0.2, 0) is 6.18 Å². The molecule has 0 atom stereocenters. The predicted molar refractivity (Wildman–Crippen MR) is 109 cm³/mol. The van der Waals surface area contributed by atoms with E-state index in [9.17, 15) is 22.8 Å². The molecule has 1 amide bonds. The highest BCUT2D eigenvalue weighted by Gasteiger charge is 2.30. The molecule has 3 heterocycles. The van der Waals surface area contributed by atoms with Crippen LogP contribution in [0.15, 0.2) is 57.9 Å². The van der Waals surface area contributed by atoms with E-state index < -0.39 is 17.6 Å². The van der Waals surface area contributed by atoms with Crippen LogP contribution in [0.25, 0.3) is 17.4 Å². The van der Waals surface area contributed by atoms with Crippen LogP contribution in [0.5, 0.6) is 0 Å². The Balaban J connectivity index is 1.73. The second kappa shape index (κ2) is 7.84. The van der Waals surface area contributed by atoms with Gasteiger partial charge in [0, 0.05) is 22.9 Å². The maximum absolute atomic E-state index is 12.8. The Kier molecular flexibility index (Phi) is 5.17. The number of nitrogens with one attached hydrogen (secondary N) is 2. The van der Waals surface area contributed by atoms with Crippen LogP contribution in [0, 0.1) is 13.8 Å². The Morgan fingerprint density at radius 2 is 1.88 bits per heavy atom. The monoisotopic (exact) mass is 443 g/mol. The molecule has 2 N–H and O–H groups in total. The molecule has 11 heteroatoms. The van der Waals surface area contributed by atoms with Crippen molar-refractivity contribution in [2.45, 2.75) is 20.0 Å². The van der Waals surface area contributed by atoms with Gasteiger partial charge in [0.05, 0.1) is 11.8 Å². The summed E-state index contributed by atoms with van der Waals surface area (Å²) < 4.78 is 44.9. The number of hydrogen-bond donors (Lipinski definition) is 2. The Morgan fingerprint density at radius 3 is 2.47 bits per heavy atom. The molecule has 0 aliphatic heterocycles. The standard InChI is InChI=1S/C21H16F3N5O3/c1-11-12(2)25-20(27-18(11)30)29-17(10-15(28-29)16-4-3-9-32-16)26-19(31)13-5-7-14(8-6-13)21(22,23)24/h3-10H,1-2H3,(H,26,31)(H,25,27,30). The van der Waals surface area contributed by atoms with Crippen molar-refractivity contribution in [2.24, 2.45) is 0 Å². The van der Waals surface area contributed by atoms with Crippen molar-refractivity contribution < 1.29 is 22.4 Å². The van der Waals surface area contributed by atoms with E-state index in [4.69, 9.17) is 4.42 Å². The fourth-order valence-corrected chi connectivity index (χ4v) is 2.91. The number of amides is 1. The van der Waals surface area contributed by atoms with Gasteiger partial charge < -0.3 is 9.73 Å². The largest absolute Gasteiger partial charge is 0.463 e. The lowest BCUT2D eigenvalue weighted by molar-refractivity contribution is -0.137. The zero-order chi connectivity index (χ0) is 23.0. The van der Waals surface area contributed by atoms with Crippen LogP contribution in [0.3, 0.4) is 0 Å². The first-order valence-electron chi connectivity index (χ1n) is 9.34. The Labute approximate surface area is 178 Å². The summed E-state index contributed by atoms with van der Waals surface area (Å²) in [6.07, 6.45) is -3.06. The van der Waals surface area contributed by atoms with Crippen molar-refractivity contribution >= 4 is 11.7 Å². The number of aryl methyl sites for hydroxylation is 1. The Hall–Kier alpha value is -4.15. The van der Waals surface area contributed by atoms with Gasteiger partial charge in [-0.2, -0.15) is 23.0 Å². The molecule has 4 rings (SSSR count). The van der Waals surface area contributed by atoms with Gasteiger partial charge in [-0.25, -0.2) is 4.98 Å². The van der Waals surface area contributed by atoms with Gasteiger partial charge in [-0.05, 0) is 50.2 Å². The second-order valence-corrected chi connectivity index (χ2v) is 6.93. The highest BCUT2D eigenvalue weighted by Crippen LogP contribution is 2.29. The Morgan fingerprint density at radius 1 is 1.16 bits per heavy atom. The molecule has 8 nitrogen and oxygen atoms in total. The van der Waals surface area contributed by atoms with Crippen LogP contribution in [0.4, 0.5) is 19.0 Å². The topological polar surface area (TPSA) is 106 Å². The first-order chi connectivity index (χ1) is 15.1. The quantitative estimate of drug-likeness (QED) is 0.494. The van der Waals surface area contributed by atoms with E-state index in [2.05, 4.69) is 20.4 Å². The number of H-pyrrole nitrogens is 1. The summed E-state index contributed by atoms with van der Waals surface area (Å²) in [5.74, 6) is -0.0802. The predicted octanol–water partition coefficient (Wildman–Crippen LogP) is 4.10. The lowest BCUT2D eigenvalue weighted by Crippen LogP contribution is -2.21. The summed E-state index contributed by atoms with van der Waals surface area (Å²) in [6, 6.07) is 8.60. The summed E-state index contributed by atoms with van der Waals surface area (Å²) in [4.78, 5) is 31.8. The van der Waals surface area contributed by atoms with Crippen molar-refractivity contribution in [2.75, 3.05) is 5.32 Å². The van der Waals surface area contributed by atoms with E-state index in [1.165, 1.54) is 17.0 Å². The van der Waals surface area contributed by atoms with Gasteiger partial charge in [0.1, 0.15) is 11.5 Å². The molecule has 32 heavy (non-hydrogen) atoms. The van der Waals surface area contributed by atoms with E-state index in [1.807, 2.05) is 0 Å². The fraction of sp³-hybridized carbons (Fsp3) is 0.143. The number of aromatic nitrogens is 4. The summed E-state index contributed by atoms with van der Waals surface area (Å²) in [5.41, 5.74) is 0.0189. The zero-order valence-corrected chi connectivity index (χ0v) is 16.8. The van der Waals surface area contributed by atoms with Gasteiger partial charge in [-0.3, -0.25) is 14.6 Å².